The number of esters is 1. The molecular weight excluding hydrogens is 603 g/mol. The summed E-state index contributed by atoms with van der Waals surface area (Å²) in [6.45, 7) is -0.0169. The maximum Gasteiger partial charge on any atom is 0.460 e. The van der Waals surface area contributed by atoms with Gasteiger partial charge in [-0.25, -0.2) is 0 Å². The molecule has 0 heterocycles. The van der Waals surface area contributed by atoms with Gasteiger partial charge in [-0.2, -0.15) is 30.7 Å². The molecule has 0 aromatic heterocycles. The molecule has 0 aliphatic heterocycles. The summed E-state index contributed by atoms with van der Waals surface area (Å²) in [6.07, 6.45) is -1.68. The smallest absolute Gasteiger partial charge is 0.460 e. The van der Waals surface area contributed by atoms with Crippen molar-refractivity contribution in [2.24, 2.45) is 45.9 Å². The molecule has 2 aromatic carbocycles. The molecule has 4 nitrogen and oxygen atoms in total. The number of alkyl halides is 7. The SMILES string of the molecule is CN=C(c1ccc2c(c1)-c1ccccc1C2COC(=O)C12CC3C4CC5(O)CC3C(C1)C(C5)C4C2)C(F)(F)C(F)(F)C(F)(F)F. The van der Waals surface area contributed by atoms with Crippen LogP contribution in [0.2, 0.25) is 0 Å². The van der Waals surface area contributed by atoms with Gasteiger partial charge in [-0.3, -0.25) is 9.79 Å². The molecule has 8 aliphatic carbocycles. The van der Waals surface area contributed by atoms with Crippen LogP contribution in [0.5, 0.6) is 0 Å². The van der Waals surface area contributed by atoms with E-state index in [9.17, 15) is 40.6 Å². The molecule has 8 bridgehead atoms. The average Bonchev–Trinajstić information content (AvgIpc) is 3.30. The van der Waals surface area contributed by atoms with Gasteiger partial charge >= 0.3 is 24.0 Å². The third kappa shape index (κ3) is 3.82. The van der Waals surface area contributed by atoms with Gasteiger partial charge in [0.05, 0.1) is 11.0 Å². The number of aliphatic imine (C=N–C) groups is 1. The number of hydrogen-bond acceptors (Lipinski definition) is 4. The Kier molecular flexibility index (Phi) is 5.96. The van der Waals surface area contributed by atoms with Crippen molar-refractivity contribution in [1.29, 1.82) is 0 Å². The van der Waals surface area contributed by atoms with Crippen LogP contribution in [0.4, 0.5) is 30.7 Å². The summed E-state index contributed by atoms with van der Waals surface area (Å²) in [5, 5.41) is 11.1. The van der Waals surface area contributed by atoms with Crippen molar-refractivity contribution in [2.45, 2.75) is 68.1 Å². The van der Waals surface area contributed by atoms with Gasteiger partial charge in [-0.15, -0.1) is 0 Å². The highest BCUT2D eigenvalue weighted by atomic mass is 19.4. The van der Waals surface area contributed by atoms with Crippen LogP contribution in [0.15, 0.2) is 47.5 Å². The van der Waals surface area contributed by atoms with Crippen molar-refractivity contribution in [2.75, 3.05) is 13.7 Å². The molecule has 10 rings (SSSR count). The maximum absolute atomic E-state index is 14.7. The molecule has 0 radical (unpaired) electrons. The van der Waals surface area contributed by atoms with E-state index in [-0.39, 0.29) is 12.6 Å². The molecule has 2 aromatic rings. The van der Waals surface area contributed by atoms with E-state index in [0.29, 0.717) is 52.2 Å². The number of carbonyl (C=O) groups excluding carboxylic acids is 1. The molecule has 8 aliphatic rings. The Hall–Kier alpha value is -2.95. The summed E-state index contributed by atoms with van der Waals surface area (Å²) >= 11 is 0. The van der Waals surface area contributed by atoms with Crippen molar-refractivity contribution in [1.82, 2.24) is 0 Å². The summed E-state index contributed by atoms with van der Waals surface area (Å²) in [5.74, 6) is -9.97. The zero-order chi connectivity index (χ0) is 31.9. The Morgan fingerprint density at radius 1 is 0.822 bits per heavy atom. The van der Waals surface area contributed by atoms with Crippen molar-refractivity contribution in [3.8, 4) is 11.1 Å². The zero-order valence-corrected chi connectivity index (χ0v) is 24.4. The molecule has 0 saturated heterocycles. The summed E-state index contributed by atoms with van der Waals surface area (Å²) in [7, 11) is 0.752. The Morgan fingerprint density at radius 2 is 1.36 bits per heavy atom. The number of halogens is 7. The summed E-state index contributed by atoms with van der Waals surface area (Å²) < 4.78 is 102. The summed E-state index contributed by atoms with van der Waals surface area (Å²) in [6, 6.07) is 10.6. The Balaban J connectivity index is 1.06. The van der Waals surface area contributed by atoms with Crippen LogP contribution in [0, 0.1) is 40.9 Å². The lowest BCUT2D eigenvalue weighted by molar-refractivity contribution is -0.336. The normalized spacial score (nSPS) is 37.6. The van der Waals surface area contributed by atoms with Crippen LogP contribution >= 0.6 is 0 Å². The first-order chi connectivity index (χ1) is 21.1. The first-order valence-corrected chi connectivity index (χ1v) is 15.5. The van der Waals surface area contributed by atoms with Gasteiger partial charge in [0.15, 0.2) is 0 Å². The molecule has 45 heavy (non-hydrogen) atoms. The molecule has 11 heteroatoms. The molecule has 1 atom stereocenters. The van der Waals surface area contributed by atoms with E-state index in [2.05, 4.69) is 4.99 Å². The standard InChI is InChI=1S/C34H32F7NO3/c1-42-28(32(35,36)33(37,38)34(39,40)41)16-6-7-19-20(8-16)17-4-2-3-5-18(17)27(19)15-45-29(43)30-9-21-24-12-31(44)13-25(21)23(11-30)26(14-31)22(24)10-30/h2-8,21-27,44H,9-15H2,1H3. The monoisotopic (exact) mass is 635 g/mol. The summed E-state index contributed by atoms with van der Waals surface area (Å²) in [4.78, 5) is 17.1. The van der Waals surface area contributed by atoms with Gasteiger partial charge < -0.3 is 9.84 Å². The number of nitrogens with zero attached hydrogens (tertiary/aromatic N) is 1. The Labute approximate surface area is 255 Å². The lowest BCUT2D eigenvalue weighted by atomic mass is 9.32. The second-order valence-electron chi connectivity index (χ2n) is 14.5. The van der Waals surface area contributed by atoms with E-state index >= 15 is 0 Å². The quantitative estimate of drug-likeness (QED) is 0.204. The van der Waals surface area contributed by atoms with E-state index in [0.717, 1.165) is 63.3 Å². The molecule has 0 amide bonds. The number of ether oxygens (including phenoxy) is 1. The van der Waals surface area contributed by atoms with Gasteiger partial charge in [-0.1, -0.05) is 36.4 Å². The van der Waals surface area contributed by atoms with E-state index in [1.165, 1.54) is 6.07 Å². The Bertz CT molecular complexity index is 1570. The van der Waals surface area contributed by atoms with E-state index < -0.39 is 46.2 Å². The third-order valence-electron chi connectivity index (χ3n) is 12.4. The molecule has 0 spiro atoms. The topological polar surface area (TPSA) is 58.9 Å². The van der Waals surface area contributed by atoms with Gasteiger partial charge in [-0.05, 0) is 102 Å². The molecule has 1 N–H and O–H groups in total. The van der Waals surface area contributed by atoms with Crippen molar-refractivity contribution >= 4 is 11.7 Å². The lowest BCUT2D eigenvalue weighted by Gasteiger charge is -2.73. The molecule has 1 unspecified atom stereocenters. The summed E-state index contributed by atoms with van der Waals surface area (Å²) in [5.41, 5.74) is -0.993. The van der Waals surface area contributed by atoms with Crippen LogP contribution in [-0.2, 0) is 9.53 Å². The lowest BCUT2D eigenvalue weighted by Crippen LogP contribution is -2.70. The molecule has 240 valence electrons. The molecule has 7 saturated carbocycles. The maximum atomic E-state index is 14.7. The van der Waals surface area contributed by atoms with Crippen molar-refractivity contribution in [3.05, 3.63) is 59.2 Å². The van der Waals surface area contributed by atoms with Crippen LogP contribution in [0.25, 0.3) is 11.1 Å². The highest BCUT2D eigenvalue weighted by molar-refractivity contribution is 6.07. The minimum absolute atomic E-state index is 0.0169. The first-order valence-electron chi connectivity index (χ1n) is 15.5. The van der Waals surface area contributed by atoms with Crippen molar-refractivity contribution in [3.63, 3.8) is 0 Å². The third-order valence-corrected chi connectivity index (χ3v) is 12.4. The van der Waals surface area contributed by atoms with E-state index in [1.807, 2.05) is 0 Å². The number of benzene rings is 2. The molecular formula is C34H32F7NO3. The largest absolute Gasteiger partial charge is 0.464 e. The average molecular weight is 636 g/mol. The first kappa shape index (κ1) is 29.5. The Morgan fingerprint density at radius 3 is 1.91 bits per heavy atom. The number of carbonyl (C=O) groups is 1. The van der Waals surface area contributed by atoms with E-state index in [1.54, 1.807) is 24.3 Å². The second-order valence-corrected chi connectivity index (χ2v) is 14.5. The second kappa shape index (κ2) is 9.10. The van der Waals surface area contributed by atoms with Crippen LogP contribution < -0.4 is 0 Å². The minimum atomic E-state index is -6.48. The van der Waals surface area contributed by atoms with Gasteiger partial charge in [0.1, 0.15) is 12.3 Å². The predicted molar refractivity (Wildman–Crippen MR) is 149 cm³/mol. The predicted octanol–water partition coefficient (Wildman–Crippen LogP) is 7.42. The fourth-order valence-corrected chi connectivity index (χ4v) is 10.9. The highest BCUT2D eigenvalue weighted by Crippen LogP contribution is 2.75. The zero-order valence-electron chi connectivity index (χ0n) is 24.4. The number of fused-ring (bicyclic) bond motifs is 3. The van der Waals surface area contributed by atoms with Gasteiger partial charge in [0, 0.05) is 18.5 Å². The highest BCUT2D eigenvalue weighted by Gasteiger charge is 2.75. The van der Waals surface area contributed by atoms with E-state index in [4.69, 9.17) is 4.74 Å². The van der Waals surface area contributed by atoms with Crippen LogP contribution in [-0.4, -0.2) is 54.1 Å². The minimum Gasteiger partial charge on any atom is -0.464 e. The number of aliphatic hydroxyl groups is 1. The number of rotatable bonds is 6. The van der Waals surface area contributed by atoms with Crippen molar-refractivity contribution < 1.29 is 45.4 Å². The van der Waals surface area contributed by atoms with Crippen LogP contribution in [0.1, 0.15) is 61.1 Å². The van der Waals surface area contributed by atoms with Gasteiger partial charge in [0.25, 0.3) is 0 Å². The molecule has 7 fully saturated rings. The fraction of sp³-hybridized carbons (Fsp3) is 0.588. The fourth-order valence-electron chi connectivity index (χ4n) is 10.9. The van der Waals surface area contributed by atoms with Crippen LogP contribution in [0.3, 0.4) is 0 Å². The number of hydrogen-bond donors (Lipinski definition) is 1. The van der Waals surface area contributed by atoms with Gasteiger partial charge in [0.2, 0.25) is 0 Å².